The zero-order chi connectivity index (χ0) is 17.3. The van der Waals surface area contributed by atoms with Gasteiger partial charge in [-0.05, 0) is 24.1 Å². The van der Waals surface area contributed by atoms with Gasteiger partial charge in [-0.25, -0.2) is 0 Å². The summed E-state index contributed by atoms with van der Waals surface area (Å²) in [6.45, 7) is 4.17. The van der Waals surface area contributed by atoms with Gasteiger partial charge in [0, 0.05) is 17.0 Å². The molecule has 0 aliphatic heterocycles. The standard InChI is InChI=1S/C16H14BrN3O3S/c1-8(2)5-14-19-20-16(24-14)18-15(22)13-7-11(21)10-6-9(17)3-4-12(10)23-13/h3-4,6-8H,5H2,1-2H3,(H,18,20,22). The van der Waals surface area contributed by atoms with Gasteiger partial charge in [0.15, 0.2) is 11.2 Å². The van der Waals surface area contributed by atoms with Gasteiger partial charge >= 0.3 is 0 Å². The molecular formula is C16H14BrN3O3S. The molecule has 0 atom stereocenters. The van der Waals surface area contributed by atoms with Crippen molar-refractivity contribution in [2.24, 2.45) is 5.92 Å². The Hall–Kier alpha value is -2.06. The van der Waals surface area contributed by atoms with Crippen LogP contribution in [0.25, 0.3) is 11.0 Å². The van der Waals surface area contributed by atoms with Crippen LogP contribution in [-0.4, -0.2) is 16.1 Å². The number of nitrogens with zero attached hydrogens (tertiary/aromatic N) is 2. The number of halogens is 1. The van der Waals surface area contributed by atoms with Gasteiger partial charge in [0.25, 0.3) is 5.91 Å². The molecule has 24 heavy (non-hydrogen) atoms. The lowest BCUT2D eigenvalue weighted by atomic mass is 10.1. The van der Waals surface area contributed by atoms with Crippen molar-refractivity contribution in [3.63, 3.8) is 0 Å². The Morgan fingerprint density at radius 3 is 2.88 bits per heavy atom. The largest absolute Gasteiger partial charge is 0.451 e. The fourth-order valence-corrected chi connectivity index (χ4v) is 3.44. The molecule has 3 aromatic rings. The predicted molar refractivity (Wildman–Crippen MR) is 96.6 cm³/mol. The summed E-state index contributed by atoms with van der Waals surface area (Å²) >= 11 is 4.62. The number of aromatic nitrogens is 2. The van der Waals surface area contributed by atoms with Crippen LogP contribution >= 0.6 is 27.3 Å². The number of carbonyl (C=O) groups excluding carboxylic acids is 1. The Kier molecular flexibility index (Phi) is 4.77. The second kappa shape index (κ2) is 6.82. The molecule has 1 aromatic carbocycles. The predicted octanol–water partition coefficient (Wildman–Crippen LogP) is 3.86. The second-order valence-corrected chi connectivity index (χ2v) is 7.65. The average Bonchev–Trinajstić information content (AvgIpc) is 2.94. The first-order valence-electron chi connectivity index (χ1n) is 7.29. The fraction of sp³-hybridized carbons (Fsp3) is 0.250. The maximum Gasteiger partial charge on any atom is 0.293 e. The molecular weight excluding hydrogens is 394 g/mol. The molecule has 0 unspecified atom stereocenters. The zero-order valence-corrected chi connectivity index (χ0v) is 15.4. The molecule has 0 aliphatic carbocycles. The summed E-state index contributed by atoms with van der Waals surface area (Å²) in [6.07, 6.45) is 0.799. The molecule has 0 bridgehead atoms. The molecule has 0 spiro atoms. The molecule has 2 aromatic heterocycles. The Balaban J connectivity index is 1.85. The fourth-order valence-electron chi connectivity index (χ4n) is 2.13. The van der Waals surface area contributed by atoms with E-state index in [2.05, 4.69) is 45.3 Å². The molecule has 8 heteroatoms. The molecule has 0 saturated heterocycles. The highest BCUT2D eigenvalue weighted by atomic mass is 79.9. The van der Waals surface area contributed by atoms with Gasteiger partial charge in [-0.15, -0.1) is 10.2 Å². The number of rotatable bonds is 4. The van der Waals surface area contributed by atoms with E-state index in [1.807, 2.05) is 0 Å². The first-order valence-corrected chi connectivity index (χ1v) is 8.90. The summed E-state index contributed by atoms with van der Waals surface area (Å²) in [4.78, 5) is 24.4. The smallest absolute Gasteiger partial charge is 0.293 e. The van der Waals surface area contributed by atoms with Crippen LogP contribution in [0.4, 0.5) is 5.13 Å². The zero-order valence-electron chi connectivity index (χ0n) is 13.0. The van der Waals surface area contributed by atoms with Crippen LogP contribution in [0.1, 0.15) is 29.4 Å². The normalized spacial score (nSPS) is 11.2. The molecule has 2 heterocycles. The topological polar surface area (TPSA) is 85.1 Å². The third-order valence-electron chi connectivity index (χ3n) is 3.18. The Labute approximate surface area is 150 Å². The molecule has 1 N–H and O–H groups in total. The van der Waals surface area contributed by atoms with Crippen LogP contribution in [0.5, 0.6) is 0 Å². The summed E-state index contributed by atoms with van der Waals surface area (Å²) in [6, 6.07) is 6.23. The number of carbonyl (C=O) groups is 1. The van der Waals surface area contributed by atoms with Gasteiger partial charge in [0.1, 0.15) is 10.6 Å². The van der Waals surface area contributed by atoms with E-state index in [4.69, 9.17) is 4.42 Å². The molecule has 124 valence electrons. The number of hydrogen-bond donors (Lipinski definition) is 1. The van der Waals surface area contributed by atoms with Gasteiger partial charge in [-0.1, -0.05) is 41.1 Å². The summed E-state index contributed by atoms with van der Waals surface area (Å²) in [7, 11) is 0. The van der Waals surface area contributed by atoms with E-state index in [-0.39, 0.29) is 11.2 Å². The van der Waals surface area contributed by atoms with E-state index in [1.165, 1.54) is 17.4 Å². The summed E-state index contributed by atoms with van der Waals surface area (Å²) in [5.74, 6) is -0.126. The number of hydrogen-bond acceptors (Lipinski definition) is 6. The monoisotopic (exact) mass is 407 g/mol. The van der Waals surface area contributed by atoms with Crippen molar-refractivity contribution in [2.75, 3.05) is 5.32 Å². The molecule has 1 amide bonds. The van der Waals surface area contributed by atoms with Crippen LogP contribution in [0.15, 0.2) is 37.9 Å². The van der Waals surface area contributed by atoms with Crippen molar-refractivity contribution >= 4 is 49.3 Å². The minimum Gasteiger partial charge on any atom is -0.451 e. The SMILES string of the molecule is CC(C)Cc1nnc(NC(=O)c2cc(=O)c3cc(Br)ccc3o2)s1. The van der Waals surface area contributed by atoms with Crippen molar-refractivity contribution in [1.29, 1.82) is 0 Å². The number of fused-ring (bicyclic) bond motifs is 1. The quantitative estimate of drug-likeness (QED) is 0.709. The highest BCUT2D eigenvalue weighted by Crippen LogP contribution is 2.21. The summed E-state index contributed by atoms with van der Waals surface area (Å²) < 4.78 is 6.30. The van der Waals surface area contributed by atoms with Crippen molar-refractivity contribution in [2.45, 2.75) is 20.3 Å². The van der Waals surface area contributed by atoms with Crippen LogP contribution in [-0.2, 0) is 6.42 Å². The summed E-state index contributed by atoms with van der Waals surface area (Å²) in [5.41, 5.74) is 0.0778. The molecule has 6 nitrogen and oxygen atoms in total. The van der Waals surface area contributed by atoms with E-state index >= 15 is 0 Å². The van der Waals surface area contributed by atoms with Gasteiger partial charge in [0.2, 0.25) is 5.13 Å². The molecule has 0 saturated carbocycles. The van der Waals surface area contributed by atoms with Gasteiger partial charge in [-0.2, -0.15) is 0 Å². The molecule has 0 aliphatic rings. The van der Waals surface area contributed by atoms with Crippen molar-refractivity contribution in [3.8, 4) is 0 Å². The van der Waals surface area contributed by atoms with E-state index in [9.17, 15) is 9.59 Å². The highest BCUT2D eigenvalue weighted by molar-refractivity contribution is 9.10. The molecule has 0 radical (unpaired) electrons. The molecule has 0 fully saturated rings. The van der Waals surface area contributed by atoms with Crippen LogP contribution in [0.3, 0.4) is 0 Å². The minimum absolute atomic E-state index is 0.0598. The lowest BCUT2D eigenvalue weighted by Gasteiger charge is -2.03. The lowest BCUT2D eigenvalue weighted by Crippen LogP contribution is -2.14. The number of anilines is 1. The van der Waals surface area contributed by atoms with Gasteiger partial charge in [0.05, 0.1) is 5.39 Å². The average molecular weight is 408 g/mol. The minimum atomic E-state index is -0.524. The maximum atomic E-state index is 12.3. The van der Waals surface area contributed by atoms with Crippen LogP contribution in [0.2, 0.25) is 0 Å². The third kappa shape index (κ3) is 3.70. The lowest BCUT2D eigenvalue weighted by molar-refractivity contribution is 0.0997. The first kappa shape index (κ1) is 16.8. The van der Waals surface area contributed by atoms with E-state index in [0.717, 1.165) is 15.9 Å². The van der Waals surface area contributed by atoms with Gasteiger partial charge in [-0.3, -0.25) is 14.9 Å². The van der Waals surface area contributed by atoms with E-state index in [0.29, 0.717) is 22.0 Å². The second-order valence-electron chi connectivity index (χ2n) is 5.67. The van der Waals surface area contributed by atoms with E-state index < -0.39 is 5.91 Å². The summed E-state index contributed by atoms with van der Waals surface area (Å²) in [5, 5.41) is 12.2. The van der Waals surface area contributed by atoms with Crippen LogP contribution in [0, 0.1) is 5.92 Å². The van der Waals surface area contributed by atoms with Crippen molar-refractivity contribution < 1.29 is 9.21 Å². The first-order chi connectivity index (χ1) is 11.4. The van der Waals surface area contributed by atoms with Crippen molar-refractivity contribution in [3.05, 3.63) is 49.7 Å². The van der Waals surface area contributed by atoms with E-state index in [1.54, 1.807) is 18.2 Å². The Morgan fingerprint density at radius 2 is 2.12 bits per heavy atom. The third-order valence-corrected chi connectivity index (χ3v) is 4.54. The highest BCUT2D eigenvalue weighted by Gasteiger charge is 2.15. The van der Waals surface area contributed by atoms with Gasteiger partial charge < -0.3 is 4.42 Å². The number of nitrogens with one attached hydrogen (secondary N) is 1. The Bertz CT molecular complexity index is 965. The molecule has 3 rings (SSSR count). The maximum absolute atomic E-state index is 12.3. The van der Waals surface area contributed by atoms with Crippen molar-refractivity contribution in [1.82, 2.24) is 10.2 Å². The Morgan fingerprint density at radius 1 is 1.33 bits per heavy atom. The number of amides is 1. The van der Waals surface area contributed by atoms with Crippen LogP contribution < -0.4 is 10.7 Å². The number of benzene rings is 1.